The van der Waals surface area contributed by atoms with Crippen molar-refractivity contribution in [3.05, 3.63) is 51.2 Å². The Kier molecular flexibility index (Phi) is 4.10. The van der Waals surface area contributed by atoms with E-state index in [0.717, 1.165) is 33.9 Å². The maximum atomic E-state index is 13.4. The molecule has 1 aromatic carbocycles. The Morgan fingerprint density at radius 1 is 1.43 bits per heavy atom. The first-order valence-electron chi connectivity index (χ1n) is 7.65. The Bertz CT molecular complexity index is 741. The predicted molar refractivity (Wildman–Crippen MR) is 89.0 cm³/mol. The van der Waals surface area contributed by atoms with Crippen molar-refractivity contribution in [1.29, 1.82) is 0 Å². The highest BCUT2D eigenvalue weighted by atomic mass is 32.1. The van der Waals surface area contributed by atoms with E-state index in [0.29, 0.717) is 0 Å². The first-order valence-corrected chi connectivity index (χ1v) is 8.47. The van der Waals surface area contributed by atoms with Crippen molar-refractivity contribution in [2.24, 2.45) is 0 Å². The van der Waals surface area contributed by atoms with Gasteiger partial charge in [0, 0.05) is 11.1 Å². The number of carbonyl (C=O) groups is 1. The second-order valence-corrected chi connectivity index (χ2v) is 7.67. The second-order valence-electron chi connectivity index (χ2n) is 6.43. The summed E-state index contributed by atoms with van der Waals surface area (Å²) in [7, 11) is 0. The minimum absolute atomic E-state index is 0.144. The molecular formula is C17H20FN3OS. The lowest BCUT2D eigenvalue weighted by Gasteiger charge is -2.25. The SMILES string of the molecule is Cc1cnc(C(C)(C)NC(=O)N[C@@H]2CCc3ccc(F)cc32)s1. The Morgan fingerprint density at radius 3 is 2.91 bits per heavy atom. The normalized spacial score (nSPS) is 17.0. The molecule has 1 aromatic heterocycles. The van der Waals surface area contributed by atoms with Gasteiger partial charge in [-0.1, -0.05) is 6.07 Å². The maximum absolute atomic E-state index is 13.4. The van der Waals surface area contributed by atoms with Crippen LogP contribution in [0.5, 0.6) is 0 Å². The van der Waals surface area contributed by atoms with Crippen LogP contribution in [0.1, 0.15) is 47.3 Å². The third-order valence-electron chi connectivity index (χ3n) is 4.07. The molecule has 122 valence electrons. The van der Waals surface area contributed by atoms with Gasteiger partial charge in [-0.3, -0.25) is 0 Å². The number of hydrogen-bond acceptors (Lipinski definition) is 3. The molecule has 2 amide bonds. The molecule has 0 spiro atoms. The van der Waals surface area contributed by atoms with Gasteiger partial charge < -0.3 is 10.6 Å². The molecule has 0 fully saturated rings. The van der Waals surface area contributed by atoms with Gasteiger partial charge in [-0.05, 0) is 56.9 Å². The maximum Gasteiger partial charge on any atom is 0.316 e. The van der Waals surface area contributed by atoms with E-state index in [-0.39, 0.29) is 17.9 Å². The number of aromatic nitrogens is 1. The summed E-state index contributed by atoms with van der Waals surface area (Å²) in [6.07, 6.45) is 3.45. The van der Waals surface area contributed by atoms with Crippen LogP contribution in [-0.4, -0.2) is 11.0 Å². The van der Waals surface area contributed by atoms with Gasteiger partial charge in [-0.25, -0.2) is 14.2 Å². The van der Waals surface area contributed by atoms with Crippen LogP contribution >= 0.6 is 11.3 Å². The van der Waals surface area contributed by atoms with Crippen molar-refractivity contribution < 1.29 is 9.18 Å². The molecule has 1 aliphatic carbocycles. The van der Waals surface area contributed by atoms with Crippen LogP contribution in [0, 0.1) is 12.7 Å². The largest absolute Gasteiger partial charge is 0.331 e. The highest BCUT2D eigenvalue weighted by Gasteiger charge is 2.29. The van der Waals surface area contributed by atoms with Gasteiger partial charge in [0.25, 0.3) is 0 Å². The molecule has 1 atom stereocenters. The fraction of sp³-hybridized carbons (Fsp3) is 0.412. The number of hydrogen-bond donors (Lipinski definition) is 2. The standard InChI is InChI=1S/C17H20FN3OS/c1-10-9-19-15(23-10)17(2,3)21-16(22)20-14-7-5-11-4-6-12(18)8-13(11)14/h4,6,8-9,14H,5,7H2,1-3H3,(H2,20,21,22)/t14-/m1/s1. The highest BCUT2D eigenvalue weighted by Crippen LogP contribution is 2.32. The molecule has 2 N–H and O–H groups in total. The van der Waals surface area contributed by atoms with Gasteiger partial charge in [0.2, 0.25) is 0 Å². The number of urea groups is 1. The fourth-order valence-corrected chi connectivity index (χ4v) is 3.72. The molecule has 0 radical (unpaired) electrons. The molecule has 0 unspecified atom stereocenters. The molecule has 1 heterocycles. The summed E-state index contributed by atoms with van der Waals surface area (Å²) in [5, 5.41) is 6.78. The minimum Gasteiger partial charge on any atom is -0.331 e. The monoisotopic (exact) mass is 333 g/mol. The zero-order valence-corrected chi connectivity index (χ0v) is 14.3. The number of halogens is 1. The first-order chi connectivity index (χ1) is 10.8. The van der Waals surface area contributed by atoms with E-state index in [1.54, 1.807) is 23.6 Å². The number of amides is 2. The molecule has 1 aliphatic rings. The van der Waals surface area contributed by atoms with E-state index in [9.17, 15) is 9.18 Å². The number of thiazole rings is 1. The first kappa shape index (κ1) is 15.9. The van der Waals surface area contributed by atoms with E-state index in [1.165, 1.54) is 12.1 Å². The quantitative estimate of drug-likeness (QED) is 0.897. The molecule has 0 aliphatic heterocycles. The average Bonchev–Trinajstić information content (AvgIpc) is 3.06. The van der Waals surface area contributed by atoms with Crippen molar-refractivity contribution in [3.63, 3.8) is 0 Å². The summed E-state index contributed by atoms with van der Waals surface area (Å²) >= 11 is 1.57. The summed E-state index contributed by atoms with van der Waals surface area (Å²) in [4.78, 5) is 17.8. The number of carbonyl (C=O) groups excluding carboxylic acids is 1. The van der Waals surface area contributed by atoms with Crippen molar-refractivity contribution in [2.45, 2.75) is 45.2 Å². The molecule has 23 heavy (non-hydrogen) atoms. The lowest BCUT2D eigenvalue weighted by Crippen LogP contribution is -2.47. The molecule has 0 bridgehead atoms. The molecule has 4 nitrogen and oxygen atoms in total. The van der Waals surface area contributed by atoms with Gasteiger partial charge >= 0.3 is 6.03 Å². The Hall–Kier alpha value is -1.95. The molecule has 2 aromatic rings. The summed E-state index contributed by atoms with van der Waals surface area (Å²) in [6.45, 7) is 5.83. The number of aryl methyl sites for hydroxylation is 2. The summed E-state index contributed by atoms with van der Waals surface area (Å²) in [6, 6.07) is 4.38. The number of nitrogens with one attached hydrogen (secondary N) is 2. The van der Waals surface area contributed by atoms with Crippen molar-refractivity contribution in [1.82, 2.24) is 15.6 Å². The summed E-state index contributed by atoms with van der Waals surface area (Å²) < 4.78 is 13.4. The number of nitrogens with zero attached hydrogens (tertiary/aromatic N) is 1. The van der Waals surface area contributed by atoms with Gasteiger partial charge in [0.05, 0.1) is 11.6 Å². The second kappa shape index (κ2) is 5.92. The van der Waals surface area contributed by atoms with Crippen molar-refractivity contribution in [2.75, 3.05) is 0 Å². The van der Waals surface area contributed by atoms with E-state index >= 15 is 0 Å². The number of rotatable bonds is 3. The van der Waals surface area contributed by atoms with Crippen molar-refractivity contribution in [3.8, 4) is 0 Å². The third kappa shape index (κ3) is 3.37. The number of fused-ring (bicyclic) bond motifs is 1. The van der Waals surface area contributed by atoms with E-state index in [2.05, 4.69) is 15.6 Å². The average molecular weight is 333 g/mol. The zero-order valence-electron chi connectivity index (χ0n) is 13.4. The molecular weight excluding hydrogens is 313 g/mol. The Morgan fingerprint density at radius 2 is 2.22 bits per heavy atom. The van der Waals surface area contributed by atoms with Gasteiger partial charge in [-0.15, -0.1) is 11.3 Å². The zero-order chi connectivity index (χ0) is 16.6. The van der Waals surface area contributed by atoms with Gasteiger partial charge in [0.15, 0.2) is 0 Å². The topological polar surface area (TPSA) is 54.0 Å². The third-order valence-corrected chi connectivity index (χ3v) is 5.31. The highest BCUT2D eigenvalue weighted by molar-refractivity contribution is 7.11. The van der Waals surface area contributed by atoms with Crippen LogP contribution in [-0.2, 0) is 12.0 Å². The smallest absolute Gasteiger partial charge is 0.316 e. The minimum atomic E-state index is -0.549. The van der Waals surface area contributed by atoms with E-state index < -0.39 is 5.54 Å². The van der Waals surface area contributed by atoms with E-state index in [4.69, 9.17) is 0 Å². The van der Waals surface area contributed by atoms with Crippen LogP contribution in [0.3, 0.4) is 0 Å². The number of benzene rings is 1. The Balaban J connectivity index is 1.68. The van der Waals surface area contributed by atoms with Crippen LogP contribution in [0.25, 0.3) is 0 Å². The van der Waals surface area contributed by atoms with Gasteiger partial charge in [0.1, 0.15) is 10.8 Å². The molecule has 0 saturated heterocycles. The fourth-order valence-electron chi connectivity index (χ4n) is 2.90. The van der Waals surface area contributed by atoms with Crippen LogP contribution in [0.4, 0.5) is 9.18 Å². The van der Waals surface area contributed by atoms with Gasteiger partial charge in [-0.2, -0.15) is 0 Å². The lowest BCUT2D eigenvalue weighted by molar-refractivity contribution is 0.226. The van der Waals surface area contributed by atoms with Crippen LogP contribution < -0.4 is 10.6 Å². The lowest BCUT2D eigenvalue weighted by atomic mass is 10.1. The molecule has 3 rings (SSSR count). The predicted octanol–water partition coefficient (Wildman–Crippen LogP) is 3.81. The van der Waals surface area contributed by atoms with Crippen LogP contribution in [0.2, 0.25) is 0 Å². The summed E-state index contributed by atoms with van der Waals surface area (Å²) in [5.41, 5.74) is 1.43. The molecule has 0 saturated carbocycles. The summed E-state index contributed by atoms with van der Waals surface area (Å²) in [5.74, 6) is -0.267. The van der Waals surface area contributed by atoms with Crippen molar-refractivity contribution >= 4 is 17.4 Å². The van der Waals surface area contributed by atoms with E-state index in [1.807, 2.05) is 20.8 Å². The molecule has 6 heteroatoms. The Labute approximate surface area is 139 Å². The van der Waals surface area contributed by atoms with Crippen LogP contribution in [0.15, 0.2) is 24.4 Å².